The molecule has 1 heterocycles. The van der Waals surface area contributed by atoms with Crippen LogP contribution in [0.5, 0.6) is 5.75 Å². The zero-order valence-electron chi connectivity index (χ0n) is 13.8. The van der Waals surface area contributed by atoms with E-state index < -0.39 is 5.97 Å². The standard InChI is InChI=1S/C18H17N3O4/c1-24-15-8-7-11(9-13(15)17(23)25-2)10-19-18-20-14-6-4-3-5-12(14)16(22)21-18/h3-9H,10H2,1-2H3,(H2,19,20,21,22). The Labute approximate surface area is 143 Å². The fraction of sp³-hybridized carbons (Fsp3) is 0.167. The predicted molar refractivity (Wildman–Crippen MR) is 94.0 cm³/mol. The van der Waals surface area contributed by atoms with Crippen LogP contribution in [0.3, 0.4) is 0 Å². The number of fused-ring (bicyclic) bond motifs is 1. The number of methoxy groups -OCH3 is 2. The van der Waals surface area contributed by atoms with Crippen LogP contribution in [0.4, 0.5) is 5.95 Å². The zero-order valence-corrected chi connectivity index (χ0v) is 13.8. The van der Waals surface area contributed by atoms with Crippen molar-refractivity contribution in [1.82, 2.24) is 9.97 Å². The topological polar surface area (TPSA) is 93.3 Å². The van der Waals surface area contributed by atoms with Gasteiger partial charge in [0.05, 0.1) is 25.1 Å². The third-order valence-electron chi connectivity index (χ3n) is 3.74. The van der Waals surface area contributed by atoms with Crippen LogP contribution in [0, 0.1) is 0 Å². The van der Waals surface area contributed by atoms with Gasteiger partial charge in [0.2, 0.25) is 5.95 Å². The van der Waals surface area contributed by atoms with Crippen molar-refractivity contribution in [2.24, 2.45) is 0 Å². The van der Waals surface area contributed by atoms with Gasteiger partial charge in [0, 0.05) is 6.54 Å². The highest BCUT2D eigenvalue weighted by Gasteiger charge is 2.13. The van der Waals surface area contributed by atoms with E-state index in [9.17, 15) is 9.59 Å². The van der Waals surface area contributed by atoms with Gasteiger partial charge in [0.1, 0.15) is 11.3 Å². The van der Waals surface area contributed by atoms with E-state index in [0.29, 0.717) is 34.7 Å². The molecule has 25 heavy (non-hydrogen) atoms. The van der Waals surface area contributed by atoms with Crippen LogP contribution in [0.25, 0.3) is 10.9 Å². The average Bonchev–Trinajstić information content (AvgIpc) is 2.65. The summed E-state index contributed by atoms with van der Waals surface area (Å²) in [5.74, 6) is 0.322. The lowest BCUT2D eigenvalue weighted by Gasteiger charge is -2.10. The van der Waals surface area contributed by atoms with Crippen LogP contribution < -0.4 is 15.6 Å². The lowest BCUT2D eigenvalue weighted by molar-refractivity contribution is 0.0597. The van der Waals surface area contributed by atoms with Gasteiger partial charge in [-0.1, -0.05) is 18.2 Å². The molecule has 2 aromatic carbocycles. The van der Waals surface area contributed by atoms with E-state index in [-0.39, 0.29) is 5.56 Å². The first-order valence-corrected chi connectivity index (χ1v) is 7.60. The Kier molecular flexibility index (Phi) is 4.65. The molecule has 2 N–H and O–H groups in total. The first-order chi connectivity index (χ1) is 12.1. The lowest BCUT2D eigenvalue weighted by Crippen LogP contribution is -2.13. The highest BCUT2D eigenvalue weighted by molar-refractivity contribution is 5.92. The number of rotatable bonds is 5. The van der Waals surface area contributed by atoms with Crippen molar-refractivity contribution in [3.05, 3.63) is 63.9 Å². The van der Waals surface area contributed by atoms with Crippen molar-refractivity contribution in [2.45, 2.75) is 6.54 Å². The average molecular weight is 339 g/mol. The Bertz CT molecular complexity index is 981. The second-order valence-corrected chi connectivity index (χ2v) is 5.31. The monoisotopic (exact) mass is 339 g/mol. The van der Waals surface area contributed by atoms with Gasteiger partial charge in [0.25, 0.3) is 5.56 Å². The summed E-state index contributed by atoms with van der Waals surface area (Å²) in [6, 6.07) is 12.3. The highest BCUT2D eigenvalue weighted by atomic mass is 16.5. The predicted octanol–water partition coefficient (Wildman–Crippen LogP) is 2.33. The van der Waals surface area contributed by atoms with E-state index in [1.165, 1.54) is 14.2 Å². The van der Waals surface area contributed by atoms with Crippen molar-refractivity contribution in [3.63, 3.8) is 0 Å². The van der Waals surface area contributed by atoms with Crippen LogP contribution in [-0.4, -0.2) is 30.2 Å². The number of carbonyl (C=O) groups is 1. The zero-order chi connectivity index (χ0) is 17.8. The number of carbonyl (C=O) groups excluding carboxylic acids is 1. The number of anilines is 1. The second-order valence-electron chi connectivity index (χ2n) is 5.31. The number of aromatic nitrogens is 2. The molecule has 0 saturated carbocycles. The Morgan fingerprint density at radius 1 is 1.20 bits per heavy atom. The highest BCUT2D eigenvalue weighted by Crippen LogP contribution is 2.21. The minimum absolute atomic E-state index is 0.210. The fourth-order valence-corrected chi connectivity index (χ4v) is 2.49. The summed E-state index contributed by atoms with van der Waals surface area (Å²) in [7, 11) is 2.81. The van der Waals surface area contributed by atoms with Gasteiger partial charge >= 0.3 is 5.97 Å². The van der Waals surface area contributed by atoms with Gasteiger partial charge in [0.15, 0.2) is 0 Å². The molecule has 0 aliphatic heterocycles. The number of benzene rings is 2. The Morgan fingerprint density at radius 2 is 2.00 bits per heavy atom. The Balaban J connectivity index is 1.84. The molecule has 0 radical (unpaired) electrons. The van der Waals surface area contributed by atoms with Crippen molar-refractivity contribution in [1.29, 1.82) is 0 Å². The summed E-state index contributed by atoms with van der Waals surface area (Å²) in [6.07, 6.45) is 0. The van der Waals surface area contributed by atoms with Crippen LogP contribution in [0.15, 0.2) is 47.3 Å². The molecule has 128 valence electrons. The number of nitrogens with one attached hydrogen (secondary N) is 2. The third-order valence-corrected chi connectivity index (χ3v) is 3.74. The molecule has 0 aliphatic rings. The first kappa shape index (κ1) is 16.5. The molecule has 1 aromatic heterocycles. The van der Waals surface area contributed by atoms with Gasteiger partial charge < -0.3 is 14.8 Å². The number of para-hydroxylation sites is 1. The summed E-state index contributed by atoms with van der Waals surface area (Å²) in [5, 5.41) is 3.59. The summed E-state index contributed by atoms with van der Waals surface area (Å²) in [6.45, 7) is 0.370. The molecule has 0 fully saturated rings. The minimum Gasteiger partial charge on any atom is -0.496 e. The second kappa shape index (κ2) is 7.04. The smallest absolute Gasteiger partial charge is 0.341 e. The molecular weight excluding hydrogens is 322 g/mol. The molecule has 3 rings (SSSR count). The Hall–Kier alpha value is -3.35. The molecule has 0 saturated heterocycles. The fourth-order valence-electron chi connectivity index (χ4n) is 2.49. The maximum Gasteiger partial charge on any atom is 0.341 e. The molecular formula is C18H17N3O4. The van der Waals surface area contributed by atoms with Crippen molar-refractivity contribution >= 4 is 22.8 Å². The number of H-pyrrole nitrogens is 1. The van der Waals surface area contributed by atoms with E-state index in [4.69, 9.17) is 9.47 Å². The normalized spacial score (nSPS) is 10.5. The maximum absolute atomic E-state index is 12.1. The molecule has 7 nitrogen and oxygen atoms in total. The number of hydrogen-bond acceptors (Lipinski definition) is 6. The third kappa shape index (κ3) is 3.45. The van der Waals surface area contributed by atoms with E-state index in [2.05, 4.69) is 15.3 Å². The lowest BCUT2D eigenvalue weighted by atomic mass is 10.1. The SMILES string of the molecule is COC(=O)c1cc(CNc2nc3ccccc3c(=O)[nH]2)ccc1OC. The molecule has 0 amide bonds. The van der Waals surface area contributed by atoms with Crippen molar-refractivity contribution in [2.75, 3.05) is 19.5 Å². The van der Waals surface area contributed by atoms with Crippen molar-refractivity contribution < 1.29 is 14.3 Å². The first-order valence-electron chi connectivity index (χ1n) is 7.60. The van der Waals surface area contributed by atoms with Crippen molar-refractivity contribution in [3.8, 4) is 5.75 Å². The molecule has 0 unspecified atom stereocenters. The summed E-state index contributed by atoms with van der Waals surface area (Å²) in [5.41, 5.74) is 1.55. The van der Waals surface area contributed by atoms with E-state index in [1.807, 2.05) is 12.1 Å². The molecule has 3 aromatic rings. The van der Waals surface area contributed by atoms with E-state index in [1.54, 1.807) is 30.3 Å². The van der Waals surface area contributed by atoms with E-state index >= 15 is 0 Å². The number of ether oxygens (including phenoxy) is 2. The molecule has 0 aliphatic carbocycles. The number of hydrogen-bond donors (Lipinski definition) is 2. The number of nitrogens with zero attached hydrogens (tertiary/aromatic N) is 1. The summed E-state index contributed by atoms with van der Waals surface area (Å²) >= 11 is 0. The van der Waals surface area contributed by atoms with E-state index in [0.717, 1.165) is 5.56 Å². The van der Waals surface area contributed by atoms with Gasteiger partial charge in [-0.3, -0.25) is 9.78 Å². The minimum atomic E-state index is -0.476. The van der Waals surface area contributed by atoms with Gasteiger partial charge in [-0.15, -0.1) is 0 Å². The quantitative estimate of drug-likeness (QED) is 0.693. The van der Waals surface area contributed by atoms with Crippen LogP contribution in [0.2, 0.25) is 0 Å². The van der Waals surface area contributed by atoms with Crippen LogP contribution >= 0.6 is 0 Å². The molecule has 7 heteroatoms. The number of aromatic amines is 1. The molecule has 0 atom stereocenters. The Morgan fingerprint density at radius 3 is 2.76 bits per heavy atom. The largest absolute Gasteiger partial charge is 0.496 e. The van der Waals surface area contributed by atoms with Gasteiger partial charge in [-0.25, -0.2) is 9.78 Å². The van der Waals surface area contributed by atoms with Gasteiger partial charge in [-0.2, -0.15) is 0 Å². The van der Waals surface area contributed by atoms with Crippen LogP contribution in [0.1, 0.15) is 15.9 Å². The van der Waals surface area contributed by atoms with Crippen LogP contribution in [-0.2, 0) is 11.3 Å². The molecule has 0 spiro atoms. The maximum atomic E-state index is 12.1. The molecule has 0 bridgehead atoms. The van der Waals surface area contributed by atoms with Gasteiger partial charge in [-0.05, 0) is 29.8 Å². The summed E-state index contributed by atoms with van der Waals surface area (Å²) < 4.78 is 9.93. The number of esters is 1. The summed E-state index contributed by atoms with van der Waals surface area (Å²) in [4.78, 5) is 31.0.